The lowest BCUT2D eigenvalue weighted by atomic mass is 10.2. The number of carbonyl (C=O) groups is 2. The highest BCUT2D eigenvalue weighted by molar-refractivity contribution is 7.89. The zero-order chi connectivity index (χ0) is 20.6. The Balaban J connectivity index is 2.12. The van der Waals surface area contributed by atoms with E-state index in [9.17, 15) is 18.0 Å². The molecule has 0 atom stereocenters. The number of esters is 1. The van der Waals surface area contributed by atoms with Gasteiger partial charge in [-0.05, 0) is 37.5 Å². The number of allylic oxidation sites excluding steroid dienone is 1. The quantitative estimate of drug-likeness (QED) is 0.521. The molecule has 1 heterocycles. The molecule has 1 amide bonds. The summed E-state index contributed by atoms with van der Waals surface area (Å²) in [4.78, 5) is 23.4. The Hall–Kier alpha value is -2.39. The summed E-state index contributed by atoms with van der Waals surface area (Å²) in [6.07, 6.45) is 6.20. The second-order valence-corrected chi connectivity index (χ2v) is 8.20. The number of anilines is 1. The summed E-state index contributed by atoms with van der Waals surface area (Å²) in [5, 5.41) is 2.54. The lowest BCUT2D eigenvalue weighted by Gasteiger charge is -2.26. The van der Waals surface area contributed by atoms with E-state index in [2.05, 4.69) is 5.32 Å². The zero-order valence-electron chi connectivity index (χ0n) is 16.1. The highest BCUT2D eigenvalue weighted by Crippen LogP contribution is 2.31. The average molecular weight is 410 g/mol. The van der Waals surface area contributed by atoms with Crippen molar-refractivity contribution in [3.8, 4) is 5.75 Å². The van der Waals surface area contributed by atoms with Crippen LogP contribution in [-0.2, 0) is 24.3 Å². The topological polar surface area (TPSA) is 102 Å². The minimum Gasteiger partial charge on any atom is -0.495 e. The third-order valence-electron chi connectivity index (χ3n) is 4.22. The van der Waals surface area contributed by atoms with E-state index in [1.807, 2.05) is 6.92 Å². The lowest BCUT2D eigenvalue weighted by Crippen LogP contribution is -2.35. The van der Waals surface area contributed by atoms with Gasteiger partial charge in [0.2, 0.25) is 10.0 Å². The molecule has 0 unspecified atom stereocenters. The van der Waals surface area contributed by atoms with Crippen LogP contribution in [0.2, 0.25) is 0 Å². The molecule has 0 aliphatic carbocycles. The van der Waals surface area contributed by atoms with E-state index in [1.165, 1.54) is 35.7 Å². The van der Waals surface area contributed by atoms with E-state index in [4.69, 9.17) is 9.47 Å². The number of benzene rings is 1. The Morgan fingerprint density at radius 1 is 1.21 bits per heavy atom. The summed E-state index contributed by atoms with van der Waals surface area (Å²) in [7, 11) is -2.34. The molecule has 28 heavy (non-hydrogen) atoms. The van der Waals surface area contributed by atoms with Gasteiger partial charge < -0.3 is 14.8 Å². The van der Waals surface area contributed by atoms with Gasteiger partial charge in [0.25, 0.3) is 5.91 Å². The van der Waals surface area contributed by atoms with Crippen LogP contribution >= 0.6 is 0 Å². The SMILES string of the molecule is CC/C=C/C(=O)OCC(=O)Nc1ccc(OC)c(S(=O)(=O)N2CCCCC2)c1. The molecule has 154 valence electrons. The Bertz CT molecular complexity index is 829. The highest BCUT2D eigenvalue weighted by Gasteiger charge is 2.29. The molecule has 9 heteroatoms. The first kappa shape index (κ1) is 21.9. The molecular formula is C19H26N2O6S. The van der Waals surface area contributed by atoms with Crippen molar-refractivity contribution >= 4 is 27.6 Å². The molecule has 1 saturated heterocycles. The molecule has 0 spiro atoms. The fourth-order valence-electron chi connectivity index (χ4n) is 2.80. The van der Waals surface area contributed by atoms with Gasteiger partial charge >= 0.3 is 5.97 Å². The predicted octanol–water partition coefficient (Wildman–Crippen LogP) is 2.32. The number of carbonyl (C=O) groups excluding carboxylic acids is 2. The zero-order valence-corrected chi connectivity index (χ0v) is 17.0. The van der Waals surface area contributed by atoms with Crippen molar-refractivity contribution in [1.29, 1.82) is 0 Å². The van der Waals surface area contributed by atoms with E-state index >= 15 is 0 Å². The van der Waals surface area contributed by atoms with Crippen LogP contribution in [0.25, 0.3) is 0 Å². The Morgan fingerprint density at radius 2 is 1.93 bits per heavy atom. The first-order chi connectivity index (χ1) is 13.4. The Kier molecular flexibility index (Phi) is 8.01. The number of amides is 1. The van der Waals surface area contributed by atoms with Gasteiger partial charge in [-0.1, -0.05) is 19.4 Å². The number of ether oxygens (including phenoxy) is 2. The number of hydrogen-bond acceptors (Lipinski definition) is 6. The van der Waals surface area contributed by atoms with E-state index < -0.39 is 28.5 Å². The number of sulfonamides is 1. The first-order valence-corrected chi connectivity index (χ1v) is 10.6. The van der Waals surface area contributed by atoms with Crippen molar-refractivity contribution < 1.29 is 27.5 Å². The fraction of sp³-hybridized carbons (Fsp3) is 0.474. The summed E-state index contributed by atoms with van der Waals surface area (Å²) in [5.74, 6) is -0.968. The molecule has 0 radical (unpaired) electrons. The molecule has 0 saturated carbocycles. The monoisotopic (exact) mass is 410 g/mol. The second-order valence-electron chi connectivity index (χ2n) is 6.30. The molecule has 2 rings (SSSR count). The molecule has 1 aliphatic heterocycles. The number of hydrogen-bond donors (Lipinski definition) is 1. The van der Waals surface area contributed by atoms with Gasteiger partial charge in [0, 0.05) is 24.9 Å². The van der Waals surface area contributed by atoms with Crippen LogP contribution < -0.4 is 10.1 Å². The lowest BCUT2D eigenvalue weighted by molar-refractivity contribution is -0.142. The number of methoxy groups -OCH3 is 1. The summed E-state index contributed by atoms with van der Waals surface area (Å²) in [6.45, 7) is 2.33. The van der Waals surface area contributed by atoms with Crippen molar-refractivity contribution in [1.82, 2.24) is 4.31 Å². The van der Waals surface area contributed by atoms with Gasteiger partial charge in [0.05, 0.1) is 7.11 Å². The van der Waals surface area contributed by atoms with Crippen LogP contribution in [0.5, 0.6) is 5.75 Å². The van der Waals surface area contributed by atoms with Crippen LogP contribution in [0.4, 0.5) is 5.69 Å². The minimum absolute atomic E-state index is 0.00225. The summed E-state index contributed by atoms with van der Waals surface area (Å²) < 4.78 is 37.4. The molecule has 0 bridgehead atoms. The van der Waals surface area contributed by atoms with Gasteiger partial charge in [-0.15, -0.1) is 0 Å². The molecular weight excluding hydrogens is 384 g/mol. The predicted molar refractivity (Wildman–Crippen MR) is 105 cm³/mol. The first-order valence-electron chi connectivity index (χ1n) is 9.19. The molecule has 1 fully saturated rings. The maximum Gasteiger partial charge on any atom is 0.330 e. The normalized spacial score (nSPS) is 15.4. The third-order valence-corrected chi connectivity index (χ3v) is 6.14. The van der Waals surface area contributed by atoms with E-state index in [-0.39, 0.29) is 16.3 Å². The van der Waals surface area contributed by atoms with Crippen molar-refractivity contribution in [2.45, 2.75) is 37.5 Å². The third kappa shape index (κ3) is 5.80. The van der Waals surface area contributed by atoms with Crippen molar-refractivity contribution in [2.75, 3.05) is 32.1 Å². The van der Waals surface area contributed by atoms with Crippen LogP contribution in [0.15, 0.2) is 35.2 Å². The van der Waals surface area contributed by atoms with Crippen LogP contribution in [0, 0.1) is 0 Å². The van der Waals surface area contributed by atoms with Gasteiger partial charge in [0.1, 0.15) is 10.6 Å². The standard InChI is InChI=1S/C19H26N2O6S/c1-3-4-8-19(23)27-14-18(22)20-15-9-10-16(26-2)17(13-15)28(24,25)21-11-6-5-7-12-21/h4,8-10,13H,3,5-7,11-12,14H2,1-2H3,(H,20,22)/b8-4+. The molecule has 1 aromatic carbocycles. The van der Waals surface area contributed by atoms with Crippen molar-refractivity contribution in [2.24, 2.45) is 0 Å². The summed E-state index contributed by atoms with van der Waals surface area (Å²) in [6, 6.07) is 4.38. The molecule has 1 aliphatic rings. The minimum atomic E-state index is -3.74. The number of rotatable bonds is 8. The molecule has 1 N–H and O–H groups in total. The highest BCUT2D eigenvalue weighted by atomic mass is 32.2. The van der Waals surface area contributed by atoms with E-state index in [0.29, 0.717) is 19.5 Å². The molecule has 0 aromatic heterocycles. The van der Waals surface area contributed by atoms with Gasteiger partial charge in [0.15, 0.2) is 6.61 Å². The number of nitrogens with zero attached hydrogens (tertiary/aromatic N) is 1. The Morgan fingerprint density at radius 3 is 2.57 bits per heavy atom. The average Bonchev–Trinajstić information content (AvgIpc) is 2.71. The second kappa shape index (κ2) is 10.2. The maximum atomic E-state index is 13.0. The van der Waals surface area contributed by atoms with Crippen molar-refractivity contribution in [3.63, 3.8) is 0 Å². The largest absolute Gasteiger partial charge is 0.495 e. The smallest absolute Gasteiger partial charge is 0.330 e. The van der Waals surface area contributed by atoms with Crippen molar-refractivity contribution in [3.05, 3.63) is 30.4 Å². The fourth-order valence-corrected chi connectivity index (χ4v) is 4.49. The van der Waals surface area contributed by atoms with Gasteiger partial charge in [-0.3, -0.25) is 4.79 Å². The summed E-state index contributed by atoms with van der Waals surface area (Å²) >= 11 is 0. The number of nitrogens with one attached hydrogen (secondary N) is 1. The maximum absolute atomic E-state index is 13.0. The van der Waals surface area contributed by atoms with Crippen LogP contribution in [0.3, 0.4) is 0 Å². The summed E-state index contributed by atoms with van der Waals surface area (Å²) in [5.41, 5.74) is 0.279. The van der Waals surface area contributed by atoms with Crippen LogP contribution in [0.1, 0.15) is 32.6 Å². The van der Waals surface area contributed by atoms with Gasteiger partial charge in [-0.2, -0.15) is 4.31 Å². The number of piperidine rings is 1. The Labute approximate surface area is 165 Å². The van der Waals surface area contributed by atoms with E-state index in [0.717, 1.165) is 19.3 Å². The molecule has 1 aromatic rings. The van der Waals surface area contributed by atoms with E-state index in [1.54, 1.807) is 6.08 Å². The van der Waals surface area contributed by atoms with Crippen LogP contribution in [-0.4, -0.2) is 51.4 Å². The molecule has 8 nitrogen and oxygen atoms in total. The van der Waals surface area contributed by atoms with Gasteiger partial charge in [-0.25, -0.2) is 13.2 Å².